The van der Waals surface area contributed by atoms with Gasteiger partial charge in [-0.3, -0.25) is 4.79 Å². The van der Waals surface area contributed by atoms with Crippen LogP contribution in [0, 0.1) is 0 Å². The van der Waals surface area contributed by atoms with Crippen molar-refractivity contribution in [2.75, 3.05) is 6.54 Å². The van der Waals surface area contributed by atoms with Crippen molar-refractivity contribution in [1.82, 2.24) is 19.4 Å². The molecule has 0 saturated carbocycles. The van der Waals surface area contributed by atoms with Gasteiger partial charge in [0.2, 0.25) is 5.91 Å². The van der Waals surface area contributed by atoms with Gasteiger partial charge in [0.05, 0.1) is 6.33 Å². The summed E-state index contributed by atoms with van der Waals surface area (Å²) in [6.07, 6.45) is 9.82. The van der Waals surface area contributed by atoms with Crippen molar-refractivity contribution in [1.29, 1.82) is 0 Å². The van der Waals surface area contributed by atoms with E-state index in [-0.39, 0.29) is 11.8 Å². The van der Waals surface area contributed by atoms with E-state index in [4.69, 9.17) is 11.6 Å². The Kier molecular flexibility index (Phi) is 5.90. The zero-order valence-corrected chi connectivity index (χ0v) is 14.6. The van der Waals surface area contributed by atoms with E-state index in [0.29, 0.717) is 18.0 Å². The topological polar surface area (TPSA) is 51.9 Å². The molecule has 0 aliphatic carbocycles. The number of rotatable bonds is 8. The van der Waals surface area contributed by atoms with E-state index in [2.05, 4.69) is 14.9 Å². The van der Waals surface area contributed by atoms with Crippen LogP contribution in [0.3, 0.4) is 0 Å². The van der Waals surface area contributed by atoms with Crippen molar-refractivity contribution in [2.24, 2.45) is 0 Å². The molecule has 3 rings (SSSR count). The molecule has 3 aromatic rings. The Bertz CT molecular complexity index is 766. The highest BCUT2D eigenvalue weighted by molar-refractivity contribution is 6.30. The standard InChI is InChI=1S/C19H21ClN4O/c20-18-5-3-16(4-6-18)17(14-23-9-1-2-10-23)13-19(25)22-8-12-24-11-7-21-15-24/h1-7,9-11,15,17H,8,12-14H2,(H,22,25)/t17-/m0/s1. The van der Waals surface area contributed by atoms with Gasteiger partial charge in [0.15, 0.2) is 0 Å². The number of aromatic nitrogens is 3. The molecule has 1 N–H and O–H groups in total. The van der Waals surface area contributed by atoms with Gasteiger partial charge in [0.25, 0.3) is 0 Å². The van der Waals surface area contributed by atoms with Gasteiger partial charge in [-0.05, 0) is 29.8 Å². The molecular weight excluding hydrogens is 336 g/mol. The molecule has 0 saturated heterocycles. The summed E-state index contributed by atoms with van der Waals surface area (Å²) in [6.45, 7) is 2.06. The summed E-state index contributed by atoms with van der Waals surface area (Å²) in [5.74, 6) is 0.144. The molecule has 2 aromatic heterocycles. The van der Waals surface area contributed by atoms with E-state index in [9.17, 15) is 4.79 Å². The molecule has 25 heavy (non-hydrogen) atoms. The zero-order chi connectivity index (χ0) is 17.5. The van der Waals surface area contributed by atoms with Gasteiger partial charge < -0.3 is 14.5 Å². The Balaban J connectivity index is 1.60. The Morgan fingerprint density at radius 3 is 2.56 bits per heavy atom. The van der Waals surface area contributed by atoms with Gasteiger partial charge in [-0.15, -0.1) is 0 Å². The van der Waals surface area contributed by atoms with Crippen LogP contribution in [-0.4, -0.2) is 26.6 Å². The third-order valence-corrected chi connectivity index (χ3v) is 4.37. The summed E-state index contributed by atoms with van der Waals surface area (Å²) in [5, 5.41) is 3.69. The molecule has 1 atom stereocenters. The van der Waals surface area contributed by atoms with Gasteiger partial charge in [-0.1, -0.05) is 23.7 Å². The van der Waals surface area contributed by atoms with E-state index in [0.717, 1.165) is 18.7 Å². The lowest BCUT2D eigenvalue weighted by Crippen LogP contribution is -2.29. The number of hydrogen-bond donors (Lipinski definition) is 1. The van der Waals surface area contributed by atoms with E-state index in [1.807, 2.05) is 59.6 Å². The average Bonchev–Trinajstić information content (AvgIpc) is 3.29. The maximum absolute atomic E-state index is 12.4. The Morgan fingerprint density at radius 2 is 1.88 bits per heavy atom. The second-order valence-electron chi connectivity index (χ2n) is 5.98. The quantitative estimate of drug-likeness (QED) is 0.673. The molecule has 130 valence electrons. The molecule has 0 radical (unpaired) electrons. The molecule has 2 heterocycles. The van der Waals surface area contributed by atoms with Gasteiger partial charge in [-0.2, -0.15) is 0 Å². The molecule has 1 amide bonds. The summed E-state index contributed by atoms with van der Waals surface area (Å²) in [4.78, 5) is 16.4. The first-order valence-corrected chi connectivity index (χ1v) is 8.67. The molecule has 1 aromatic carbocycles. The Labute approximate surface area is 152 Å². The van der Waals surface area contributed by atoms with Crippen LogP contribution in [0.2, 0.25) is 5.02 Å². The number of amides is 1. The fourth-order valence-electron chi connectivity index (χ4n) is 2.81. The number of carbonyl (C=O) groups excluding carboxylic acids is 1. The van der Waals surface area contributed by atoms with Crippen LogP contribution in [-0.2, 0) is 17.9 Å². The first kappa shape index (κ1) is 17.3. The van der Waals surface area contributed by atoms with Crippen molar-refractivity contribution in [2.45, 2.75) is 25.4 Å². The van der Waals surface area contributed by atoms with Crippen molar-refractivity contribution in [3.8, 4) is 0 Å². The summed E-state index contributed by atoms with van der Waals surface area (Å²) in [6, 6.07) is 11.7. The normalized spacial score (nSPS) is 12.0. The second kappa shape index (κ2) is 8.53. The average molecular weight is 357 g/mol. The number of carbonyl (C=O) groups is 1. The third kappa shape index (κ3) is 5.22. The first-order valence-electron chi connectivity index (χ1n) is 8.29. The molecule has 0 aliphatic rings. The van der Waals surface area contributed by atoms with Crippen LogP contribution >= 0.6 is 11.6 Å². The lowest BCUT2D eigenvalue weighted by atomic mass is 9.95. The number of nitrogens with one attached hydrogen (secondary N) is 1. The number of benzene rings is 1. The summed E-state index contributed by atoms with van der Waals surface area (Å²) in [5.41, 5.74) is 1.11. The van der Waals surface area contributed by atoms with Crippen LogP contribution in [0.5, 0.6) is 0 Å². The van der Waals surface area contributed by atoms with Gasteiger partial charge in [0, 0.05) is 61.8 Å². The minimum absolute atomic E-state index is 0.0484. The lowest BCUT2D eigenvalue weighted by Gasteiger charge is -2.18. The van der Waals surface area contributed by atoms with Crippen LogP contribution in [0.4, 0.5) is 0 Å². The smallest absolute Gasteiger partial charge is 0.220 e. The highest BCUT2D eigenvalue weighted by Gasteiger charge is 2.16. The molecule has 0 bridgehead atoms. The van der Waals surface area contributed by atoms with Gasteiger partial charge >= 0.3 is 0 Å². The predicted molar refractivity (Wildman–Crippen MR) is 98.5 cm³/mol. The van der Waals surface area contributed by atoms with E-state index < -0.39 is 0 Å². The number of hydrogen-bond acceptors (Lipinski definition) is 2. The van der Waals surface area contributed by atoms with E-state index >= 15 is 0 Å². The highest BCUT2D eigenvalue weighted by atomic mass is 35.5. The van der Waals surface area contributed by atoms with Crippen LogP contribution in [0.15, 0.2) is 67.5 Å². The van der Waals surface area contributed by atoms with Gasteiger partial charge in [0.1, 0.15) is 0 Å². The summed E-state index contributed by atoms with van der Waals surface area (Å²) < 4.78 is 4.04. The number of nitrogens with zero attached hydrogens (tertiary/aromatic N) is 3. The minimum atomic E-state index is 0.0484. The highest BCUT2D eigenvalue weighted by Crippen LogP contribution is 2.23. The molecule has 0 fully saturated rings. The summed E-state index contributed by atoms with van der Waals surface area (Å²) in [7, 11) is 0. The third-order valence-electron chi connectivity index (χ3n) is 4.12. The van der Waals surface area contributed by atoms with E-state index in [1.165, 1.54) is 0 Å². The maximum atomic E-state index is 12.4. The Morgan fingerprint density at radius 1 is 1.12 bits per heavy atom. The van der Waals surface area contributed by atoms with E-state index in [1.54, 1.807) is 12.5 Å². The van der Waals surface area contributed by atoms with Crippen molar-refractivity contribution < 1.29 is 4.79 Å². The number of halogens is 1. The van der Waals surface area contributed by atoms with Gasteiger partial charge in [-0.25, -0.2) is 4.98 Å². The Hall–Kier alpha value is -2.53. The molecule has 0 spiro atoms. The first-order chi connectivity index (χ1) is 12.2. The fourth-order valence-corrected chi connectivity index (χ4v) is 2.93. The molecule has 5 nitrogen and oxygen atoms in total. The minimum Gasteiger partial charge on any atom is -0.354 e. The van der Waals surface area contributed by atoms with Crippen molar-refractivity contribution in [3.05, 3.63) is 78.1 Å². The van der Waals surface area contributed by atoms with Crippen LogP contribution < -0.4 is 5.32 Å². The van der Waals surface area contributed by atoms with Crippen molar-refractivity contribution in [3.63, 3.8) is 0 Å². The van der Waals surface area contributed by atoms with Crippen molar-refractivity contribution >= 4 is 17.5 Å². The maximum Gasteiger partial charge on any atom is 0.220 e. The largest absolute Gasteiger partial charge is 0.354 e. The van der Waals surface area contributed by atoms with Crippen LogP contribution in [0.1, 0.15) is 17.9 Å². The molecule has 0 unspecified atom stereocenters. The predicted octanol–water partition coefficient (Wildman–Crippen LogP) is 3.33. The lowest BCUT2D eigenvalue weighted by molar-refractivity contribution is -0.121. The monoisotopic (exact) mass is 356 g/mol. The second-order valence-corrected chi connectivity index (χ2v) is 6.42. The summed E-state index contributed by atoms with van der Waals surface area (Å²) >= 11 is 5.99. The molecule has 6 heteroatoms. The number of imidazole rings is 1. The SMILES string of the molecule is O=C(C[C@@H](Cn1cccc1)c1ccc(Cl)cc1)NCCn1ccnc1. The zero-order valence-electron chi connectivity index (χ0n) is 13.9. The molecule has 0 aliphatic heterocycles. The molecular formula is C19H21ClN4O. The fraction of sp³-hybridized carbons (Fsp3) is 0.263. The van der Waals surface area contributed by atoms with Crippen LogP contribution in [0.25, 0.3) is 0 Å².